The first kappa shape index (κ1) is 21.5. The van der Waals surface area contributed by atoms with Crippen LogP contribution in [0.3, 0.4) is 0 Å². The van der Waals surface area contributed by atoms with Gasteiger partial charge in [-0.15, -0.1) is 0 Å². The van der Waals surface area contributed by atoms with Crippen molar-refractivity contribution >= 4 is 23.6 Å². The quantitative estimate of drug-likeness (QED) is 0.792. The van der Waals surface area contributed by atoms with Crippen LogP contribution < -0.4 is 5.32 Å². The zero-order valence-electron chi connectivity index (χ0n) is 16.6. The molecule has 0 aliphatic carbocycles. The third kappa shape index (κ3) is 5.84. The Morgan fingerprint density at radius 1 is 1.37 bits per heavy atom. The van der Waals surface area contributed by atoms with Gasteiger partial charge in [-0.2, -0.15) is 0 Å². The molecule has 0 radical (unpaired) electrons. The Bertz CT molecular complexity index is 671. The fourth-order valence-corrected chi connectivity index (χ4v) is 3.19. The van der Waals surface area contributed by atoms with Crippen LogP contribution in [0, 0.1) is 0 Å². The van der Waals surface area contributed by atoms with Crippen LogP contribution in [-0.4, -0.2) is 64.3 Å². The molecule has 8 nitrogen and oxygen atoms in total. The molecule has 2 atom stereocenters. The van der Waals surface area contributed by atoms with Gasteiger partial charge in [-0.3, -0.25) is 4.79 Å². The highest BCUT2D eigenvalue weighted by molar-refractivity contribution is 6.30. The molecule has 1 fully saturated rings. The Morgan fingerprint density at radius 2 is 2.07 bits per heavy atom. The number of nitrogens with zero attached hydrogens (tertiary/aromatic N) is 2. The summed E-state index contributed by atoms with van der Waals surface area (Å²) in [5.41, 5.74) is 0.168. The zero-order chi connectivity index (χ0) is 20.2. The Balaban J connectivity index is 2.02. The summed E-state index contributed by atoms with van der Waals surface area (Å²) >= 11 is 6.01. The van der Waals surface area contributed by atoms with E-state index in [1.807, 2.05) is 34.6 Å². The molecule has 1 aliphatic heterocycles. The fraction of sp³-hybridized carbons (Fsp3) is 0.722. The van der Waals surface area contributed by atoms with Crippen LogP contribution in [0.15, 0.2) is 0 Å². The Kier molecular flexibility index (Phi) is 7.11. The number of rotatable bonds is 5. The highest BCUT2D eigenvalue weighted by Gasteiger charge is 2.35. The van der Waals surface area contributed by atoms with Crippen LogP contribution in [0.4, 0.5) is 4.79 Å². The van der Waals surface area contributed by atoms with E-state index in [1.54, 1.807) is 4.90 Å². The lowest BCUT2D eigenvalue weighted by Gasteiger charge is -2.38. The number of nitrogens with one attached hydrogen (secondary N) is 2. The number of imidazole rings is 1. The Hall–Kier alpha value is -1.80. The van der Waals surface area contributed by atoms with E-state index in [-0.39, 0.29) is 30.0 Å². The van der Waals surface area contributed by atoms with Crippen LogP contribution in [0.25, 0.3) is 0 Å². The molecule has 1 aromatic rings. The maximum Gasteiger partial charge on any atom is 0.410 e. The number of carbonyl (C=O) groups is 2. The van der Waals surface area contributed by atoms with Crippen molar-refractivity contribution in [3.63, 3.8) is 0 Å². The normalized spacial score (nSPS) is 20.4. The highest BCUT2D eigenvalue weighted by atomic mass is 35.5. The molecule has 0 saturated carbocycles. The molecule has 2 unspecified atom stereocenters. The number of aryl methyl sites for hydroxylation is 1. The van der Waals surface area contributed by atoms with Crippen molar-refractivity contribution in [2.75, 3.05) is 19.7 Å². The third-order valence-corrected chi connectivity index (χ3v) is 4.52. The maximum atomic E-state index is 12.5. The largest absolute Gasteiger partial charge is 0.444 e. The first-order valence-electron chi connectivity index (χ1n) is 9.29. The van der Waals surface area contributed by atoms with Crippen molar-refractivity contribution in [3.8, 4) is 0 Å². The number of aromatic nitrogens is 2. The summed E-state index contributed by atoms with van der Waals surface area (Å²) in [6.07, 6.45) is 0.526. The molecule has 1 aliphatic rings. The van der Waals surface area contributed by atoms with Gasteiger partial charge in [0, 0.05) is 13.2 Å². The summed E-state index contributed by atoms with van der Waals surface area (Å²) in [4.78, 5) is 33.5. The van der Waals surface area contributed by atoms with E-state index in [9.17, 15) is 9.59 Å². The first-order valence-corrected chi connectivity index (χ1v) is 9.67. The molecule has 1 aromatic heterocycles. The standard InChI is InChI=1S/C18H29ClN4O4/c1-6-11-14(19)22-15(20-11)16(24)21-12-8-9-23(10-13(12)26-7-2)17(25)27-18(3,4)5/h12-13H,6-10H2,1-5H3,(H,20,22)(H,21,24). The number of H-pyrrole nitrogens is 1. The second kappa shape index (κ2) is 8.93. The Morgan fingerprint density at radius 3 is 2.63 bits per heavy atom. The molecule has 2 rings (SSSR count). The molecule has 2 amide bonds. The van der Waals surface area contributed by atoms with Crippen LogP contribution in [-0.2, 0) is 15.9 Å². The van der Waals surface area contributed by atoms with Crippen molar-refractivity contribution in [2.24, 2.45) is 0 Å². The van der Waals surface area contributed by atoms with E-state index in [0.29, 0.717) is 37.7 Å². The van der Waals surface area contributed by atoms with Crippen LogP contribution in [0.5, 0.6) is 0 Å². The predicted octanol–water partition coefficient (Wildman–Crippen LogP) is 2.77. The minimum Gasteiger partial charge on any atom is -0.444 e. The number of hydrogen-bond donors (Lipinski definition) is 2. The van der Waals surface area contributed by atoms with E-state index in [2.05, 4.69) is 15.3 Å². The average molecular weight is 401 g/mol. The predicted molar refractivity (Wildman–Crippen MR) is 102 cm³/mol. The van der Waals surface area contributed by atoms with Crippen LogP contribution in [0.1, 0.15) is 57.4 Å². The summed E-state index contributed by atoms with van der Waals surface area (Å²) in [6.45, 7) is 10.6. The maximum absolute atomic E-state index is 12.5. The van der Waals surface area contributed by atoms with Gasteiger partial charge in [0.2, 0.25) is 0 Å². The second-order valence-electron chi connectivity index (χ2n) is 7.50. The smallest absolute Gasteiger partial charge is 0.410 e. The number of amides is 2. The number of piperidine rings is 1. The van der Waals surface area contributed by atoms with Gasteiger partial charge in [0.1, 0.15) is 5.60 Å². The van der Waals surface area contributed by atoms with E-state index in [1.165, 1.54) is 0 Å². The molecule has 152 valence electrons. The number of ether oxygens (including phenoxy) is 2. The van der Waals surface area contributed by atoms with Gasteiger partial charge in [-0.05, 0) is 40.5 Å². The molecule has 27 heavy (non-hydrogen) atoms. The summed E-state index contributed by atoms with van der Waals surface area (Å²) in [7, 11) is 0. The topological polar surface area (TPSA) is 96.6 Å². The van der Waals surface area contributed by atoms with Crippen molar-refractivity contribution in [1.29, 1.82) is 0 Å². The fourth-order valence-electron chi connectivity index (χ4n) is 2.92. The third-order valence-electron chi connectivity index (χ3n) is 4.20. The van der Waals surface area contributed by atoms with Gasteiger partial charge >= 0.3 is 6.09 Å². The zero-order valence-corrected chi connectivity index (χ0v) is 17.4. The van der Waals surface area contributed by atoms with Gasteiger partial charge in [-0.25, -0.2) is 9.78 Å². The number of carbonyl (C=O) groups excluding carboxylic acids is 2. The second-order valence-corrected chi connectivity index (χ2v) is 7.86. The van der Waals surface area contributed by atoms with E-state index in [4.69, 9.17) is 21.1 Å². The molecule has 0 spiro atoms. The van der Waals surface area contributed by atoms with Crippen molar-refractivity contribution in [2.45, 2.75) is 65.2 Å². The molecular weight excluding hydrogens is 372 g/mol. The Labute approximate surface area is 164 Å². The van der Waals surface area contributed by atoms with E-state index < -0.39 is 5.60 Å². The molecule has 1 saturated heterocycles. The lowest BCUT2D eigenvalue weighted by molar-refractivity contribution is -0.0298. The molecule has 2 N–H and O–H groups in total. The lowest BCUT2D eigenvalue weighted by atomic mass is 10.0. The molecule has 0 aromatic carbocycles. The van der Waals surface area contributed by atoms with Crippen LogP contribution >= 0.6 is 11.6 Å². The summed E-state index contributed by atoms with van der Waals surface area (Å²) in [5, 5.41) is 3.26. The number of likely N-dealkylation sites (tertiary alicyclic amines) is 1. The number of aromatic amines is 1. The van der Waals surface area contributed by atoms with Crippen molar-refractivity contribution < 1.29 is 19.1 Å². The number of halogens is 1. The van der Waals surface area contributed by atoms with Gasteiger partial charge in [-0.1, -0.05) is 18.5 Å². The van der Waals surface area contributed by atoms with Gasteiger partial charge in [0.05, 0.1) is 24.4 Å². The first-order chi connectivity index (χ1) is 12.6. The minimum absolute atomic E-state index is 0.182. The summed E-state index contributed by atoms with van der Waals surface area (Å²) in [5.74, 6) is -0.154. The monoisotopic (exact) mass is 400 g/mol. The summed E-state index contributed by atoms with van der Waals surface area (Å²) < 4.78 is 11.2. The van der Waals surface area contributed by atoms with Crippen molar-refractivity contribution in [1.82, 2.24) is 20.2 Å². The highest BCUT2D eigenvalue weighted by Crippen LogP contribution is 2.19. The van der Waals surface area contributed by atoms with Crippen LogP contribution in [0.2, 0.25) is 5.15 Å². The minimum atomic E-state index is -0.557. The summed E-state index contributed by atoms with van der Waals surface area (Å²) in [6, 6.07) is -0.231. The lowest BCUT2D eigenvalue weighted by Crippen LogP contribution is -2.57. The molecule has 9 heteroatoms. The number of hydrogen-bond acceptors (Lipinski definition) is 5. The van der Waals surface area contributed by atoms with Gasteiger partial charge in [0.15, 0.2) is 11.0 Å². The molecule has 0 bridgehead atoms. The van der Waals surface area contributed by atoms with Crippen molar-refractivity contribution in [3.05, 3.63) is 16.7 Å². The van der Waals surface area contributed by atoms with E-state index in [0.717, 1.165) is 5.69 Å². The average Bonchev–Trinajstić information content (AvgIpc) is 2.96. The SMILES string of the molecule is CCOC1CN(C(=O)OC(C)(C)C)CCC1NC(=O)c1nc(Cl)c(CC)[nH]1. The van der Waals surface area contributed by atoms with Gasteiger partial charge < -0.3 is 24.7 Å². The van der Waals surface area contributed by atoms with E-state index >= 15 is 0 Å². The molecule has 2 heterocycles. The van der Waals surface area contributed by atoms with Gasteiger partial charge in [0.25, 0.3) is 5.91 Å². The molecular formula is C18H29ClN4O4.